The van der Waals surface area contributed by atoms with Gasteiger partial charge in [0, 0.05) is 23.5 Å². The standard InChI is InChI=1S/C22H24N6O5S2/c1-22(2,3)35(29,30)26-6-7-28-20-18(19(23)24-11-25-20)27-21(28)34-17-10-16-15(32-12-33-16)9-13(17)14-5-4-8-31-14/h4-5,8-11,26H,6-7,12H2,1-3H3,(H2,23,24,25). The third kappa shape index (κ3) is 4.42. The average Bonchev–Trinajstić information content (AvgIpc) is 3.53. The van der Waals surface area contributed by atoms with Crippen LogP contribution in [0, 0.1) is 0 Å². The van der Waals surface area contributed by atoms with Gasteiger partial charge in [-0.2, -0.15) is 0 Å². The minimum atomic E-state index is -3.52. The van der Waals surface area contributed by atoms with Crippen molar-refractivity contribution < 1.29 is 22.3 Å². The number of nitrogens with one attached hydrogen (secondary N) is 1. The Morgan fingerprint density at radius 1 is 1.20 bits per heavy atom. The fraction of sp³-hybridized carbons (Fsp3) is 0.318. The van der Waals surface area contributed by atoms with Crippen LogP contribution < -0.4 is 19.9 Å². The summed E-state index contributed by atoms with van der Waals surface area (Å²) < 4.78 is 45.4. The second-order valence-corrected chi connectivity index (χ2v) is 12.3. The minimum Gasteiger partial charge on any atom is -0.464 e. The van der Waals surface area contributed by atoms with Gasteiger partial charge in [-0.1, -0.05) is 11.8 Å². The van der Waals surface area contributed by atoms with Gasteiger partial charge < -0.3 is 24.2 Å². The molecule has 5 rings (SSSR count). The number of benzene rings is 1. The third-order valence-corrected chi connectivity index (χ3v) is 8.67. The molecule has 1 aromatic carbocycles. The lowest BCUT2D eigenvalue weighted by Gasteiger charge is -2.20. The summed E-state index contributed by atoms with van der Waals surface area (Å²) in [6.07, 6.45) is 2.96. The molecule has 0 amide bonds. The summed E-state index contributed by atoms with van der Waals surface area (Å²) in [6, 6.07) is 7.39. The van der Waals surface area contributed by atoms with Crippen LogP contribution in [0.25, 0.3) is 22.5 Å². The third-order valence-electron chi connectivity index (χ3n) is 5.42. The maximum absolute atomic E-state index is 12.5. The van der Waals surface area contributed by atoms with Crippen LogP contribution in [0.4, 0.5) is 5.82 Å². The van der Waals surface area contributed by atoms with E-state index in [-0.39, 0.29) is 25.7 Å². The molecule has 0 unspecified atom stereocenters. The molecular weight excluding hydrogens is 492 g/mol. The Kier molecular flexibility index (Phi) is 5.85. The molecule has 0 fully saturated rings. The molecule has 3 aromatic heterocycles. The predicted molar refractivity (Wildman–Crippen MR) is 131 cm³/mol. The Morgan fingerprint density at radius 3 is 2.69 bits per heavy atom. The summed E-state index contributed by atoms with van der Waals surface area (Å²) in [6.45, 7) is 5.51. The molecule has 184 valence electrons. The van der Waals surface area contributed by atoms with Crippen molar-refractivity contribution in [1.29, 1.82) is 0 Å². The maximum atomic E-state index is 12.5. The molecule has 0 atom stereocenters. The van der Waals surface area contributed by atoms with Crippen molar-refractivity contribution >= 4 is 38.8 Å². The highest BCUT2D eigenvalue weighted by Gasteiger charge is 2.29. The number of furan rings is 1. The van der Waals surface area contributed by atoms with Crippen LogP contribution in [0.2, 0.25) is 0 Å². The Hall–Kier alpha value is -3.29. The van der Waals surface area contributed by atoms with Gasteiger partial charge in [0.1, 0.15) is 12.1 Å². The number of nitrogens with zero attached hydrogens (tertiary/aromatic N) is 4. The summed E-state index contributed by atoms with van der Waals surface area (Å²) in [5, 5.41) is 0.564. The molecule has 0 aliphatic carbocycles. The van der Waals surface area contributed by atoms with Crippen LogP contribution in [0.15, 0.2) is 51.3 Å². The number of hydrogen-bond donors (Lipinski definition) is 2. The van der Waals surface area contributed by atoms with Gasteiger partial charge in [-0.25, -0.2) is 28.1 Å². The van der Waals surface area contributed by atoms with Crippen LogP contribution in [-0.4, -0.2) is 46.0 Å². The van der Waals surface area contributed by atoms with E-state index < -0.39 is 14.8 Å². The van der Waals surface area contributed by atoms with E-state index in [0.717, 1.165) is 10.5 Å². The van der Waals surface area contributed by atoms with Crippen molar-refractivity contribution in [3.05, 3.63) is 36.9 Å². The fourth-order valence-electron chi connectivity index (χ4n) is 3.45. The van der Waals surface area contributed by atoms with E-state index in [1.165, 1.54) is 18.1 Å². The van der Waals surface area contributed by atoms with Crippen LogP contribution in [0.3, 0.4) is 0 Å². The van der Waals surface area contributed by atoms with Gasteiger partial charge in [-0.15, -0.1) is 0 Å². The zero-order chi connectivity index (χ0) is 24.8. The number of fused-ring (bicyclic) bond motifs is 2. The number of sulfonamides is 1. The van der Waals surface area contributed by atoms with Crippen LogP contribution in [-0.2, 0) is 16.6 Å². The zero-order valence-corrected chi connectivity index (χ0v) is 20.9. The second-order valence-electron chi connectivity index (χ2n) is 8.77. The lowest BCUT2D eigenvalue weighted by atomic mass is 10.1. The lowest BCUT2D eigenvalue weighted by Crippen LogP contribution is -2.40. The van der Waals surface area contributed by atoms with E-state index in [1.807, 2.05) is 22.8 Å². The molecular formula is C22H24N6O5S2. The summed E-state index contributed by atoms with van der Waals surface area (Å²) in [5.74, 6) is 2.14. The molecule has 13 heteroatoms. The first-order valence-electron chi connectivity index (χ1n) is 10.8. The smallest absolute Gasteiger partial charge is 0.231 e. The number of aromatic nitrogens is 4. The fourth-order valence-corrected chi connectivity index (χ4v) is 5.30. The zero-order valence-electron chi connectivity index (χ0n) is 19.3. The molecule has 3 N–H and O–H groups in total. The van der Waals surface area contributed by atoms with Gasteiger partial charge in [-0.05, 0) is 45.0 Å². The Bertz CT molecular complexity index is 1490. The summed E-state index contributed by atoms with van der Waals surface area (Å²) in [5.41, 5.74) is 7.82. The Balaban J connectivity index is 1.54. The van der Waals surface area contributed by atoms with Crippen LogP contribution in [0.5, 0.6) is 11.5 Å². The van der Waals surface area contributed by atoms with Gasteiger partial charge in [0.05, 0.1) is 11.0 Å². The van der Waals surface area contributed by atoms with Gasteiger partial charge in [0.15, 0.2) is 33.6 Å². The van der Waals surface area contributed by atoms with Crippen molar-refractivity contribution in [1.82, 2.24) is 24.2 Å². The summed E-state index contributed by atoms with van der Waals surface area (Å²) in [4.78, 5) is 13.9. The predicted octanol–water partition coefficient (Wildman–Crippen LogP) is 3.27. The SMILES string of the molecule is CC(C)(C)S(=O)(=O)NCCn1c(Sc2cc3c(cc2-c2ccco2)OCO3)nc2c(N)ncnc21. The van der Waals surface area contributed by atoms with Crippen molar-refractivity contribution in [2.75, 3.05) is 19.1 Å². The average molecular weight is 517 g/mol. The highest BCUT2D eigenvalue weighted by Crippen LogP contribution is 2.45. The molecule has 0 saturated carbocycles. The number of anilines is 1. The van der Waals surface area contributed by atoms with Crippen molar-refractivity contribution in [2.45, 2.75) is 42.1 Å². The largest absolute Gasteiger partial charge is 0.464 e. The van der Waals surface area contributed by atoms with Crippen molar-refractivity contribution in [3.8, 4) is 22.8 Å². The first-order valence-corrected chi connectivity index (χ1v) is 13.1. The molecule has 0 radical (unpaired) electrons. The van der Waals surface area contributed by atoms with E-state index >= 15 is 0 Å². The first-order chi connectivity index (χ1) is 16.6. The van der Waals surface area contributed by atoms with E-state index in [2.05, 4.69) is 19.7 Å². The van der Waals surface area contributed by atoms with Gasteiger partial charge in [-0.3, -0.25) is 0 Å². The molecule has 1 aliphatic heterocycles. The quantitative estimate of drug-likeness (QED) is 0.375. The molecule has 0 spiro atoms. The summed E-state index contributed by atoms with van der Waals surface area (Å²) in [7, 11) is -3.52. The van der Waals surface area contributed by atoms with E-state index in [4.69, 9.17) is 19.6 Å². The van der Waals surface area contributed by atoms with Gasteiger partial charge in [0.25, 0.3) is 0 Å². The molecule has 4 heterocycles. The number of imidazole rings is 1. The summed E-state index contributed by atoms with van der Waals surface area (Å²) >= 11 is 1.36. The molecule has 35 heavy (non-hydrogen) atoms. The molecule has 4 aromatic rings. The number of nitrogen functional groups attached to an aromatic ring is 1. The Morgan fingerprint density at radius 2 is 1.97 bits per heavy atom. The molecule has 11 nitrogen and oxygen atoms in total. The van der Waals surface area contributed by atoms with E-state index in [0.29, 0.717) is 33.6 Å². The van der Waals surface area contributed by atoms with Gasteiger partial charge in [0.2, 0.25) is 16.8 Å². The maximum Gasteiger partial charge on any atom is 0.231 e. The first kappa shape index (κ1) is 23.5. The second kappa shape index (κ2) is 8.73. The van der Waals surface area contributed by atoms with Crippen LogP contribution in [0.1, 0.15) is 20.8 Å². The van der Waals surface area contributed by atoms with Gasteiger partial charge >= 0.3 is 0 Å². The minimum absolute atomic E-state index is 0.138. The normalized spacial score (nSPS) is 13.6. The lowest BCUT2D eigenvalue weighted by molar-refractivity contribution is 0.174. The highest BCUT2D eigenvalue weighted by molar-refractivity contribution is 7.99. The van der Waals surface area contributed by atoms with Crippen LogP contribution >= 0.6 is 11.8 Å². The number of hydrogen-bond acceptors (Lipinski definition) is 10. The number of rotatable bonds is 7. The topological polar surface area (TPSA) is 147 Å². The monoisotopic (exact) mass is 516 g/mol. The van der Waals surface area contributed by atoms with Crippen molar-refractivity contribution in [3.63, 3.8) is 0 Å². The Labute approximate surface area is 206 Å². The highest BCUT2D eigenvalue weighted by atomic mass is 32.2. The molecule has 0 bridgehead atoms. The number of ether oxygens (including phenoxy) is 2. The van der Waals surface area contributed by atoms with Crippen molar-refractivity contribution in [2.24, 2.45) is 0 Å². The van der Waals surface area contributed by atoms with E-state index in [1.54, 1.807) is 33.1 Å². The van der Waals surface area contributed by atoms with E-state index in [9.17, 15) is 8.42 Å². The molecule has 1 aliphatic rings. The number of nitrogens with two attached hydrogens (primary N) is 1. The molecule has 0 saturated heterocycles.